The molecule has 8 nitrogen and oxygen atoms in total. The van der Waals surface area contributed by atoms with Crippen LogP contribution in [0.5, 0.6) is 0 Å². The second kappa shape index (κ2) is 8.74. The van der Waals surface area contributed by atoms with Gasteiger partial charge in [-0.05, 0) is 44.5 Å². The van der Waals surface area contributed by atoms with E-state index in [1.54, 1.807) is 23.7 Å². The largest absolute Gasteiger partial charge is 0.462 e. The van der Waals surface area contributed by atoms with Crippen LogP contribution >= 0.6 is 0 Å². The van der Waals surface area contributed by atoms with Crippen molar-refractivity contribution >= 4 is 17.4 Å². The Morgan fingerprint density at radius 3 is 3.07 bits per heavy atom. The summed E-state index contributed by atoms with van der Waals surface area (Å²) in [5, 5.41) is 7.32. The number of halogens is 1. The first-order valence-electron chi connectivity index (χ1n) is 10.2. The van der Waals surface area contributed by atoms with Crippen LogP contribution in [0.1, 0.15) is 47.4 Å². The number of anilines is 1. The molecule has 0 spiro atoms. The molecule has 1 aliphatic rings. The number of hydrogen-bond acceptors (Lipinski definition) is 7. The highest BCUT2D eigenvalue weighted by Gasteiger charge is 2.30. The van der Waals surface area contributed by atoms with Crippen molar-refractivity contribution in [2.24, 2.45) is 0 Å². The van der Waals surface area contributed by atoms with Crippen molar-refractivity contribution in [3.63, 3.8) is 0 Å². The van der Waals surface area contributed by atoms with Gasteiger partial charge >= 0.3 is 5.97 Å². The molecular formula is C21H25FN6O2. The quantitative estimate of drug-likeness (QED) is 0.597. The zero-order valence-corrected chi connectivity index (χ0v) is 17.1. The molecule has 4 heterocycles. The maximum absolute atomic E-state index is 14.1. The van der Waals surface area contributed by atoms with E-state index in [1.807, 2.05) is 13.1 Å². The highest BCUT2D eigenvalue weighted by molar-refractivity contribution is 5.95. The van der Waals surface area contributed by atoms with Gasteiger partial charge in [0.25, 0.3) is 0 Å². The maximum Gasteiger partial charge on any atom is 0.343 e. The fourth-order valence-corrected chi connectivity index (χ4v) is 3.96. The molecule has 0 aliphatic carbocycles. The van der Waals surface area contributed by atoms with Crippen molar-refractivity contribution in [2.75, 3.05) is 31.6 Å². The number of carbonyl (C=O) groups excluding carboxylic acids is 1. The molecule has 1 aliphatic heterocycles. The number of nitrogens with one attached hydrogen (secondary N) is 1. The Hall–Kier alpha value is -3.07. The van der Waals surface area contributed by atoms with Crippen LogP contribution in [-0.2, 0) is 11.2 Å². The predicted octanol–water partition coefficient (Wildman–Crippen LogP) is 2.54. The zero-order valence-electron chi connectivity index (χ0n) is 17.1. The number of nitrogens with zero attached hydrogens (tertiary/aromatic N) is 5. The number of carbonyl (C=O) groups is 1. The lowest BCUT2D eigenvalue weighted by atomic mass is 10.0. The van der Waals surface area contributed by atoms with E-state index in [0.29, 0.717) is 11.2 Å². The van der Waals surface area contributed by atoms with Crippen LogP contribution in [0.4, 0.5) is 10.2 Å². The third-order valence-corrected chi connectivity index (χ3v) is 5.34. The number of fused-ring (bicyclic) bond motifs is 1. The van der Waals surface area contributed by atoms with Crippen molar-refractivity contribution in [3.8, 4) is 0 Å². The molecule has 0 radical (unpaired) electrons. The van der Waals surface area contributed by atoms with Gasteiger partial charge in [-0.1, -0.05) is 0 Å². The molecule has 1 atom stereocenters. The van der Waals surface area contributed by atoms with Gasteiger partial charge in [0.15, 0.2) is 5.65 Å². The Bertz CT molecular complexity index is 1050. The van der Waals surface area contributed by atoms with Gasteiger partial charge in [0.1, 0.15) is 17.2 Å². The molecule has 0 saturated carbocycles. The molecule has 30 heavy (non-hydrogen) atoms. The predicted molar refractivity (Wildman–Crippen MR) is 110 cm³/mol. The smallest absolute Gasteiger partial charge is 0.343 e. The Balaban J connectivity index is 1.70. The average Bonchev–Trinajstić information content (AvgIpc) is 3.39. The standard InChI is InChI=1S/C21H25FN6O2/c1-3-30-21(29)16-13-25-28-10-7-19(26-20(16)28)27-9-4-5-18(27)15-11-14(22)12-24-17(15)6-8-23-2/h7,10-13,18,23H,3-6,8-9H2,1-2H3. The molecule has 1 unspecified atom stereocenters. The van der Waals surface area contributed by atoms with Crippen LogP contribution in [0, 0.1) is 5.82 Å². The molecule has 0 aromatic carbocycles. The molecule has 1 fully saturated rings. The summed E-state index contributed by atoms with van der Waals surface area (Å²) in [5.74, 6) is -0.0625. The van der Waals surface area contributed by atoms with Gasteiger partial charge in [-0.2, -0.15) is 5.10 Å². The minimum Gasteiger partial charge on any atom is -0.462 e. The Morgan fingerprint density at radius 1 is 1.40 bits per heavy atom. The summed E-state index contributed by atoms with van der Waals surface area (Å²) >= 11 is 0. The van der Waals surface area contributed by atoms with Gasteiger partial charge in [0.05, 0.1) is 25.0 Å². The fraction of sp³-hybridized carbons (Fsp3) is 0.429. The van der Waals surface area contributed by atoms with Gasteiger partial charge < -0.3 is 15.0 Å². The normalized spacial score (nSPS) is 16.4. The van der Waals surface area contributed by atoms with Crippen LogP contribution in [0.3, 0.4) is 0 Å². The fourth-order valence-electron chi connectivity index (χ4n) is 3.96. The summed E-state index contributed by atoms with van der Waals surface area (Å²) in [4.78, 5) is 23.4. The second-order valence-electron chi connectivity index (χ2n) is 7.23. The minimum atomic E-state index is -0.446. The lowest BCUT2D eigenvalue weighted by molar-refractivity contribution is 0.0528. The van der Waals surface area contributed by atoms with Crippen LogP contribution in [0.15, 0.2) is 30.7 Å². The van der Waals surface area contributed by atoms with Crippen molar-refractivity contribution in [3.05, 3.63) is 53.4 Å². The summed E-state index contributed by atoms with van der Waals surface area (Å²) in [6.07, 6.45) is 7.09. The van der Waals surface area contributed by atoms with E-state index < -0.39 is 5.97 Å². The molecule has 9 heteroatoms. The molecule has 3 aromatic heterocycles. The molecule has 158 valence electrons. The first-order valence-corrected chi connectivity index (χ1v) is 10.2. The van der Waals surface area contributed by atoms with Crippen molar-refractivity contribution in [1.82, 2.24) is 24.9 Å². The number of ether oxygens (including phenoxy) is 1. The number of rotatable bonds is 7. The highest BCUT2D eigenvalue weighted by Crippen LogP contribution is 2.37. The molecule has 4 rings (SSSR count). The number of esters is 1. The van der Waals surface area contributed by atoms with Crippen LogP contribution in [-0.4, -0.2) is 52.3 Å². The number of likely N-dealkylation sites (N-methyl/N-ethyl adjacent to an activating group) is 1. The summed E-state index contributed by atoms with van der Waals surface area (Å²) in [5.41, 5.74) is 2.56. The lowest BCUT2D eigenvalue weighted by Crippen LogP contribution is -2.26. The van der Waals surface area contributed by atoms with E-state index in [1.165, 1.54) is 12.4 Å². The molecule has 1 N–H and O–H groups in total. The van der Waals surface area contributed by atoms with E-state index in [4.69, 9.17) is 9.72 Å². The molecule has 0 bridgehead atoms. The van der Waals surface area contributed by atoms with Crippen molar-refractivity contribution in [2.45, 2.75) is 32.2 Å². The Labute approximate surface area is 174 Å². The number of hydrogen-bond donors (Lipinski definition) is 1. The Kier molecular flexibility index (Phi) is 5.89. The van der Waals surface area contributed by atoms with E-state index in [2.05, 4.69) is 20.3 Å². The van der Waals surface area contributed by atoms with Gasteiger partial charge in [0, 0.05) is 31.4 Å². The first kappa shape index (κ1) is 20.2. The van der Waals surface area contributed by atoms with Gasteiger partial charge in [-0.25, -0.2) is 18.7 Å². The number of aromatic nitrogens is 4. The summed E-state index contributed by atoms with van der Waals surface area (Å²) in [6, 6.07) is 3.43. The van der Waals surface area contributed by atoms with Gasteiger partial charge in [-0.15, -0.1) is 0 Å². The highest BCUT2D eigenvalue weighted by atomic mass is 19.1. The summed E-state index contributed by atoms with van der Waals surface area (Å²) < 4.78 is 20.7. The molecule has 1 saturated heterocycles. The third-order valence-electron chi connectivity index (χ3n) is 5.34. The summed E-state index contributed by atoms with van der Waals surface area (Å²) in [6.45, 7) is 3.60. The maximum atomic E-state index is 14.1. The van der Waals surface area contributed by atoms with E-state index in [9.17, 15) is 9.18 Å². The molecular weight excluding hydrogens is 387 g/mol. The lowest BCUT2D eigenvalue weighted by Gasteiger charge is -2.27. The SMILES string of the molecule is CCOC(=O)c1cnn2ccc(N3CCCC3c3cc(F)cnc3CCNC)nc12. The number of pyridine rings is 1. The van der Waals surface area contributed by atoms with Crippen LogP contribution < -0.4 is 10.2 Å². The minimum absolute atomic E-state index is 0.0241. The van der Waals surface area contributed by atoms with Gasteiger partial charge in [-0.3, -0.25) is 4.98 Å². The third kappa shape index (κ3) is 3.85. The zero-order chi connectivity index (χ0) is 21.1. The Morgan fingerprint density at radius 2 is 2.27 bits per heavy atom. The topological polar surface area (TPSA) is 84.6 Å². The molecule has 0 amide bonds. The van der Waals surface area contributed by atoms with Crippen LogP contribution in [0.2, 0.25) is 0 Å². The van der Waals surface area contributed by atoms with Gasteiger partial charge in [0.2, 0.25) is 0 Å². The second-order valence-corrected chi connectivity index (χ2v) is 7.23. The van der Waals surface area contributed by atoms with Crippen LogP contribution in [0.25, 0.3) is 5.65 Å². The van der Waals surface area contributed by atoms with Crippen molar-refractivity contribution < 1.29 is 13.9 Å². The average molecular weight is 412 g/mol. The molecule has 3 aromatic rings. The summed E-state index contributed by atoms with van der Waals surface area (Å²) in [7, 11) is 1.89. The first-order chi connectivity index (χ1) is 14.6. The van der Waals surface area contributed by atoms with E-state index in [-0.39, 0.29) is 18.5 Å². The van der Waals surface area contributed by atoms with E-state index >= 15 is 0 Å². The van der Waals surface area contributed by atoms with E-state index in [0.717, 1.165) is 49.4 Å². The monoisotopic (exact) mass is 412 g/mol. The van der Waals surface area contributed by atoms with Crippen molar-refractivity contribution in [1.29, 1.82) is 0 Å².